The van der Waals surface area contributed by atoms with Crippen LogP contribution in [0.3, 0.4) is 0 Å². The van der Waals surface area contributed by atoms with E-state index in [4.69, 9.17) is 11.6 Å². The normalized spacial score (nSPS) is 14.5. The van der Waals surface area contributed by atoms with E-state index < -0.39 is 10.0 Å². The van der Waals surface area contributed by atoms with Crippen molar-refractivity contribution in [3.8, 4) is 0 Å². The van der Waals surface area contributed by atoms with Crippen molar-refractivity contribution in [3.05, 3.63) is 50.7 Å². The van der Waals surface area contributed by atoms with Gasteiger partial charge in [0.1, 0.15) is 0 Å². The molecule has 3 rings (SSSR count). The molecule has 0 radical (unpaired) electrons. The number of hydrogen-bond acceptors (Lipinski definition) is 3. The zero-order valence-electron chi connectivity index (χ0n) is 12.4. The van der Waals surface area contributed by atoms with Gasteiger partial charge in [0.05, 0.1) is 9.23 Å². The minimum Gasteiger partial charge on any atom is -0.207 e. The zero-order valence-corrected chi connectivity index (χ0v) is 14.8. The Morgan fingerprint density at radius 2 is 1.95 bits per heavy atom. The summed E-state index contributed by atoms with van der Waals surface area (Å²) in [7, 11) is -3.46. The molecule has 0 bridgehead atoms. The Balaban J connectivity index is 1.89. The first-order valence-corrected chi connectivity index (χ1v) is 10.0. The maximum absolute atomic E-state index is 12.9. The maximum Gasteiger partial charge on any atom is 0.243 e. The third kappa shape index (κ3) is 3.08. The van der Waals surface area contributed by atoms with E-state index in [9.17, 15) is 8.42 Å². The molecule has 3 nitrogen and oxygen atoms in total. The Morgan fingerprint density at radius 3 is 2.64 bits per heavy atom. The fourth-order valence-electron chi connectivity index (χ4n) is 2.83. The van der Waals surface area contributed by atoms with Crippen LogP contribution in [0.1, 0.15) is 29.3 Å². The third-order valence-electron chi connectivity index (χ3n) is 4.02. The van der Waals surface area contributed by atoms with Crippen molar-refractivity contribution in [2.45, 2.75) is 37.6 Å². The zero-order chi connectivity index (χ0) is 15.7. The van der Waals surface area contributed by atoms with Gasteiger partial charge in [-0.15, -0.1) is 11.3 Å². The summed E-state index contributed by atoms with van der Waals surface area (Å²) in [5.41, 5.74) is 2.46. The van der Waals surface area contributed by atoms with E-state index in [0.29, 0.717) is 22.3 Å². The molecule has 118 valence electrons. The van der Waals surface area contributed by atoms with Gasteiger partial charge < -0.3 is 0 Å². The van der Waals surface area contributed by atoms with Gasteiger partial charge in [0.25, 0.3) is 0 Å². The molecule has 0 unspecified atom stereocenters. The van der Waals surface area contributed by atoms with E-state index in [2.05, 4.69) is 0 Å². The molecule has 2 aromatic rings. The van der Waals surface area contributed by atoms with Crippen LogP contribution in [0.5, 0.6) is 0 Å². The Kier molecular flexibility index (Phi) is 4.59. The van der Waals surface area contributed by atoms with Crippen molar-refractivity contribution in [2.75, 3.05) is 6.54 Å². The number of aryl methyl sites for hydroxylation is 2. The van der Waals surface area contributed by atoms with Crippen LogP contribution in [0, 0.1) is 0 Å². The molecule has 0 atom stereocenters. The first-order chi connectivity index (χ1) is 10.5. The largest absolute Gasteiger partial charge is 0.243 e. The van der Waals surface area contributed by atoms with Crippen LogP contribution in [0.25, 0.3) is 0 Å². The fraction of sp³-hybridized carbons (Fsp3) is 0.375. The molecular weight excluding hydrogens is 338 g/mol. The van der Waals surface area contributed by atoms with Gasteiger partial charge in [0.2, 0.25) is 10.0 Å². The van der Waals surface area contributed by atoms with E-state index >= 15 is 0 Å². The summed E-state index contributed by atoms with van der Waals surface area (Å²) in [5.74, 6) is 0. The second kappa shape index (κ2) is 6.32. The van der Waals surface area contributed by atoms with Crippen LogP contribution in [0.15, 0.2) is 35.2 Å². The predicted octanol–water partition coefficient (Wildman–Crippen LogP) is 4.10. The Bertz CT molecular complexity index is 783. The molecule has 1 aliphatic carbocycles. The monoisotopic (exact) mass is 355 g/mol. The number of rotatable bonds is 5. The lowest BCUT2D eigenvalue weighted by molar-refractivity contribution is 0.426. The quantitative estimate of drug-likeness (QED) is 0.809. The maximum atomic E-state index is 12.9. The van der Waals surface area contributed by atoms with Crippen molar-refractivity contribution in [1.82, 2.24) is 4.31 Å². The summed E-state index contributed by atoms with van der Waals surface area (Å²) in [4.78, 5) is 1.36. The van der Waals surface area contributed by atoms with Crippen LogP contribution >= 0.6 is 22.9 Å². The summed E-state index contributed by atoms with van der Waals surface area (Å²) in [6.07, 6.45) is 3.15. The molecule has 1 aliphatic rings. The van der Waals surface area contributed by atoms with Crippen molar-refractivity contribution >= 4 is 33.0 Å². The van der Waals surface area contributed by atoms with Gasteiger partial charge in [-0.25, -0.2) is 8.42 Å². The molecule has 0 spiro atoms. The first-order valence-electron chi connectivity index (χ1n) is 7.37. The number of hydrogen-bond donors (Lipinski definition) is 0. The topological polar surface area (TPSA) is 37.4 Å². The molecule has 0 N–H and O–H groups in total. The smallest absolute Gasteiger partial charge is 0.207 e. The highest BCUT2D eigenvalue weighted by molar-refractivity contribution is 7.89. The minimum absolute atomic E-state index is 0.368. The second-order valence-electron chi connectivity index (χ2n) is 5.42. The molecule has 0 saturated carbocycles. The van der Waals surface area contributed by atoms with Crippen molar-refractivity contribution in [2.24, 2.45) is 0 Å². The van der Waals surface area contributed by atoms with Gasteiger partial charge in [-0.1, -0.05) is 24.6 Å². The van der Waals surface area contributed by atoms with Crippen molar-refractivity contribution in [3.63, 3.8) is 0 Å². The van der Waals surface area contributed by atoms with Crippen LogP contribution in [0.2, 0.25) is 4.34 Å². The molecule has 1 aromatic carbocycles. The summed E-state index contributed by atoms with van der Waals surface area (Å²) < 4.78 is 27.9. The van der Waals surface area contributed by atoms with Gasteiger partial charge in [-0.3, -0.25) is 0 Å². The Hall–Kier alpha value is -0.880. The van der Waals surface area contributed by atoms with Gasteiger partial charge in [-0.05, 0) is 54.7 Å². The molecule has 0 fully saturated rings. The number of thiophene rings is 1. The van der Waals surface area contributed by atoms with Crippen LogP contribution in [-0.4, -0.2) is 19.3 Å². The van der Waals surface area contributed by atoms with Crippen LogP contribution in [-0.2, 0) is 29.4 Å². The van der Waals surface area contributed by atoms with E-state index in [1.54, 1.807) is 12.1 Å². The van der Waals surface area contributed by atoms with Gasteiger partial charge >= 0.3 is 0 Å². The van der Waals surface area contributed by atoms with E-state index in [1.165, 1.54) is 26.8 Å². The summed E-state index contributed by atoms with van der Waals surface area (Å²) in [6, 6.07) is 9.24. The highest BCUT2D eigenvalue weighted by atomic mass is 35.5. The molecular formula is C16H18ClNO2S2. The predicted molar refractivity (Wildman–Crippen MR) is 91.1 cm³/mol. The van der Waals surface area contributed by atoms with Gasteiger partial charge in [-0.2, -0.15) is 4.31 Å². The van der Waals surface area contributed by atoms with Crippen molar-refractivity contribution < 1.29 is 8.42 Å². The highest BCUT2D eigenvalue weighted by Gasteiger charge is 2.25. The molecule has 6 heteroatoms. The number of nitrogens with zero attached hydrogens (tertiary/aromatic N) is 1. The molecule has 0 saturated heterocycles. The summed E-state index contributed by atoms with van der Waals surface area (Å²) in [6.45, 7) is 2.67. The lowest BCUT2D eigenvalue weighted by atomic mass is 10.1. The lowest BCUT2D eigenvalue weighted by Gasteiger charge is -2.20. The average molecular weight is 356 g/mol. The fourth-order valence-corrected chi connectivity index (χ4v) is 5.50. The second-order valence-corrected chi connectivity index (χ2v) is 9.16. The van der Waals surface area contributed by atoms with Gasteiger partial charge in [0.15, 0.2) is 0 Å². The summed E-state index contributed by atoms with van der Waals surface area (Å²) >= 11 is 7.35. The Morgan fingerprint density at radius 1 is 1.18 bits per heavy atom. The van der Waals surface area contributed by atoms with E-state index in [1.807, 2.05) is 25.1 Å². The third-order valence-corrected chi connectivity index (χ3v) is 7.15. The lowest BCUT2D eigenvalue weighted by Crippen LogP contribution is -2.30. The van der Waals surface area contributed by atoms with Crippen molar-refractivity contribution in [1.29, 1.82) is 0 Å². The molecule has 1 heterocycles. The van der Waals surface area contributed by atoms with E-state index in [0.717, 1.165) is 24.1 Å². The average Bonchev–Trinajstić information content (AvgIpc) is 3.12. The minimum atomic E-state index is -3.46. The van der Waals surface area contributed by atoms with E-state index in [-0.39, 0.29) is 0 Å². The molecule has 22 heavy (non-hydrogen) atoms. The number of benzene rings is 1. The van der Waals surface area contributed by atoms with Gasteiger partial charge in [0, 0.05) is 18.0 Å². The molecule has 1 aromatic heterocycles. The molecule has 0 aliphatic heterocycles. The van der Waals surface area contributed by atoms with Crippen LogP contribution < -0.4 is 0 Å². The standard InChI is InChI=1S/C16H18ClNO2S2/c1-2-18(11-14-7-9-16(17)21-14)22(19,20)15-8-6-12-4-3-5-13(12)10-15/h6-10H,2-5,11H2,1H3. The number of sulfonamides is 1. The molecule has 0 amide bonds. The Labute approximate surface area is 140 Å². The highest BCUT2D eigenvalue weighted by Crippen LogP contribution is 2.28. The van der Waals surface area contributed by atoms with Crippen LogP contribution in [0.4, 0.5) is 0 Å². The SMILES string of the molecule is CCN(Cc1ccc(Cl)s1)S(=O)(=O)c1ccc2c(c1)CCC2. The number of halogens is 1. The number of fused-ring (bicyclic) bond motifs is 1. The first kappa shape index (κ1) is 16.0. The summed E-state index contributed by atoms with van der Waals surface area (Å²) in [5, 5.41) is 0.